The molecular formula is C10H11N. The van der Waals surface area contributed by atoms with Crippen LogP contribution in [0, 0.1) is 12.3 Å². The van der Waals surface area contributed by atoms with E-state index in [4.69, 9.17) is 6.42 Å². The molecule has 0 aromatic carbocycles. The highest BCUT2D eigenvalue weighted by Crippen LogP contribution is 2.11. The summed E-state index contributed by atoms with van der Waals surface area (Å²) in [5, 5.41) is 0. The molecule has 1 aromatic heterocycles. The first kappa shape index (κ1) is 7.81. The van der Waals surface area contributed by atoms with E-state index in [1.807, 2.05) is 12.1 Å². The molecule has 1 nitrogen and oxygen atoms in total. The maximum atomic E-state index is 5.24. The highest BCUT2D eigenvalue weighted by Gasteiger charge is 1.99. The van der Waals surface area contributed by atoms with Gasteiger partial charge in [0, 0.05) is 17.5 Å². The lowest BCUT2D eigenvalue weighted by atomic mass is 10.1. The summed E-state index contributed by atoms with van der Waals surface area (Å²) in [4.78, 5) is 4.19. The fourth-order valence-electron chi connectivity index (χ4n) is 0.854. The van der Waals surface area contributed by atoms with Crippen LogP contribution in [0.1, 0.15) is 31.0 Å². The van der Waals surface area contributed by atoms with E-state index in [1.165, 1.54) is 0 Å². The number of hydrogen-bond acceptors (Lipinski definition) is 1. The Hall–Kier alpha value is -1.29. The number of hydrogen-bond donors (Lipinski definition) is 0. The predicted octanol–water partition coefficient (Wildman–Crippen LogP) is 2.19. The van der Waals surface area contributed by atoms with Crippen molar-refractivity contribution in [1.29, 1.82) is 0 Å². The number of terminal acetylenes is 1. The second-order valence-corrected chi connectivity index (χ2v) is 2.77. The topological polar surface area (TPSA) is 12.9 Å². The van der Waals surface area contributed by atoms with Crippen LogP contribution in [-0.4, -0.2) is 4.98 Å². The first-order valence-corrected chi connectivity index (χ1v) is 3.66. The second kappa shape index (κ2) is 3.21. The molecule has 0 spiro atoms. The Morgan fingerprint density at radius 1 is 1.55 bits per heavy atom. The maximum Gasteiger partial charge on any atom is 0.0441 e. The van der Waals surface area contributed by atoms with E-state index in [2.05, 4.69) is 24.8 Å². The van der Waals surface area contributed by atoms with Crippen LogP contribution in [0.5, 0.6) is 0 Å². The van der Waals surface area contributed by atoms with Gasteiger partial charge in [0.2, 0.25) is 0 Å². The van der Waals surface area contributed by atoms with Gasteiger partial charge < -0.3 is 0 Å². The van der Waals surface area contributed by atoms with Crippen molar-refractivity contribution in [2.75, 3.05) is 0 Å². The minimum absolute atomic E-state index is 0.447. The largest absolute Gasteiger partial charge is 0.261 e. The Morgan fingerprint density at radius 2 is 2.27 bits per heavy atom. The van der Waals surface area contributed by atoms with Gasteiger partial charge in [-0.2, -0.15) is 0 Å². The van der Waals surface area contributed by atoms with Crippen molar-refractivity contribution < 1.29 is 0 Å². The number of aromatic nitrogens is 1. The molecule has 0 saturated carbocycles. The summed E-state index contributed by atoms with van der Waals surface area (Å²) in [6.07, 6.45) is 7.00. The summed E-state index contributed by atoms with van der Waals surface area (Å²) in [5.41, 5.74) is 1.96. The quantitative estimate of drug-likeness (QED) is 0.552. The van der Waals surface area contributed by atoms with Gasteiger partial charge in [-0.15, -0.1) is 6.42 Å². The molecule has 1 rings (SSSR count). The average molecular weight is 145 g/mol. The summed E-state index contributed by atoms with van der Waals surface area (Å²) in [7, 11) is 0. The van der Waals surface area contributed by atoms with Gasteiger partial charge in [0.25, 0.3) is 0 Å². The van der Waals surface area contributed by atoms with Crippen molar-refractivity contribution in [1.82, 2.24) is 4.98 Å². The molecule has 1 aromatic rings. The Labute approximate surface area is 67.5 Å². The highest BCUT2D eigenvalue weighted by atomic mass is 14.7. The minimum atomic E-state index is 0.447. The molecule has 0 saturated heterocycles. The van der Waals surface area contributed by atoms with Gasteiger partial charge in [0.1, 0.15) is 0 Å². The van der Waals surface area contributed by atoms with Crippen molar-refractivity contribution in [2.24, 2.45) is 0 Å². The molecule has 1 heteroatoms. The summed E-state index contributed by atoms with van der Waals surface area (Å²) < 4.78 is 0. The summed E-state index contributed by atoms with van der Waals surface area (Å²) in [5.74, 6) is 3.03. The third-order valence-corrected chi connectivity index (χ3v) is 1.54. The van der Waals surface area contributed by atoms with Crippen LogP contribution < -0.4 is 0 Å². The Balaban J connectivity index is 3.03. The van der Waals surface area contributed by atoms with E-state index in [1.54, 1.807) is 6.20 Å². The van der Waals surface area contributed by atoms with Gasteiger partial charge >= 0.3 is 0 Å². The lowest BCUT2D eigenvalue weighted by molar-refractivity contribution is 0.822. The van der Waals surface area contributed by atoms with Crippen LogP contribution in [-0.2, 0) is 0 Å². The molecule has 0 aliphatic carbocycles. The molecule has 11 heavy (non-hydrogen) atoms. The molecule has 0 bridgehead atoms. The van der Waals surface area contributed by atoms with Crippen LogP contribution in [0.25, 0.3) is 0 Å². The lowest BCUT2D eigenvalue weighted by Gasteiger charge is -2.02. The van der Waals surface area contributed by atoms with E-state index in [0.717, 1.165) is 11.3 Å². The van der Waals surface area contributed by atoms with Crippen LogP contribution in [0.15, 0.2) is 18.3 Å². The second-order valence-electron chi connectivity index (χ2n) is 2.77. The fraction of sp³-hybridized carbons (Fsp3) is 0.300. The molecule has 0 unspecified atom stereocenters. The zero-order chi connectivity index (χ0) is 8.27. The van der Waals surface area contributed by atoms with Crippen molar-refractivity contribution in [2.45, 2.75) is 19.8 Å². The molecule has 0 N–H and O–H groups in total. The van der Waals surface area contributed by atoms with Gasteiger partial charge in [0.15, 0.2) is 0 Å². The Bertz CT molecular complexity index is 281. The predicted molar refractivity (Wildman–Crippen MR) is 46.3 cm³/mol. The van der Waals surface area contributed by atoms with E-state index in [-0.39, 0.29) is 0 Å². The lowest BCUT2D eigenvalue weighted by Crippen LogP contribution is -1.91. The van der Waals surface area contributed by atoms with E-state index in [0.29, 0.717) is 5.92 Å². The molecule has 0 radical (unpaired) electrons. The molecular weight excluding hydrogens is 134 g/mol. The number of rotatable bonds is 1. The molecule has 0 aliphatic rings. The van der Waals surface area contributed by atoms with Gasteiger partial charge in [-0.3, -0.25) is 4.98 Å². The Morgan fingerprint density at radius 3 is 2.82 bits per heavy atom. The highest BCUT2D eigenvalue weighted by molar-refractivity contribution is 5.32. The van der Waals surface area contributed by atoms with E-state index in [9.17, 15) is 0 Å². The zero-order valence-corrected chi connectivity index (χ0v) is 6.83. The standard InChI is InChI=1S/C10H11N/c1-4-9-5-6-11-10(7-9)8(2)3/h1,5-8H,2-3H3. The summed E-state index contributed by atoms with van der Waals surface area (Å²) in [6, 6.07) is 3.79. The van der Waals surface area contributed by atoms with Crippen LogP contribution >= 0.6 is 0 Å². The number of pyridine rings is 1. The molecule has 1 heterocycles. The minimum Gasteiger partial charge on any atom is -0.261 e. The molecule has 0 amide bonds. The van der Waals surface area contributed by atoms with Crippen molar-refractivity contribution in [3.8, 4) is 12.3 Å². The van der Waals surface area contributed by atoms with Gasteiger partial charge in [-0.1, -0.05) is 19.8 Å². The summed E-state index contributed by atoms with van der Waals surface area (Å²) in [6.45, 7) is 4.20. The third kappa shape index (κ3) is 1.81. The average Bonchev–Trinajstić information content (AvgIpc) is 2.05. The van der Waals surface area contributed by atoms with Crippen LogP contribution in [0.3, 0.4) is 0 Å². The van der Waals surface area contributed by atoms with E-state index >= 15 is 0 Å². The van der Waals surface area contributed by atoms with Crippen LogP contribution in [0.2, 0.25) is 0 Å². The molecule has 56 valence electrons. The molecule has 0 aliphatic heterocycles. The van der Waals surface area contributed by atoms with Crippen molar-refractivity contribution in [3.05, 3.63) is 29.6 Å². The first-order chi connectivity index (χ1) is 5.24. The monoisotopic (exact) mass is 145 g/mol. The van der Waals surface area contributed by atoms with Gasteiger partial charge in [-0.05, 0) is 18.1 Å². The number of nitrogens with zero attached hydrogens (tertiary/aromatic N) is 1. The zero-order valence-electron chi connectivity index (χ0n) is 6.83. The van der Waals surface area contributed by atoms with Crippen molar-refractivity contribution in [3.63, 3.8) is 0 Å². The SMILES string of the molecule is C#Cc1ccnc(C(C)C)c1. The third-order valence-electron chi connectivity index (χ3n) is 1.54. The Kier molecular flexibility index (Phi) is 2.28. The van der Waals surface area contributed by atoms with Gasteiger partial charge in [0.05, 0.1) is 0 Å². The van der Waals surface area contributed by atoms with Crippen LogP contribution in [0.4, 0.5) is 0 Å². The van der Waals surface area contributed by atoms with E-state index < -0.39 is 0 Å². The maximum absolute atomic E-state index is 5.24. The normalized spacial score (nSPS) is 9.64. The van der Waals surface area contributed by atoms with Crippen molar-refractivity contribution >= 4 is 0 Å². The first-order valence-electron chi connectivity index (χ1n) is 3.66. The molecule has 0 atom stereocenters. The fourth-order valence-corrected chi connectivity index (χ4v) is 0.854. The van der Waals surface area contributed by atoms with Gasteiger partial charge in [-0.25, -0.2) is 0 Å². The molecule has 0 fully saturated rings. The smallest absolute Gasteiger partial charge is 0.0441 e. The summed E-state index contributed by atoms with van der Waals surface area (Å²) >= 11 is 0.